The molecule has 1 atom stereocenters. The van der Waals surface area contributed by atoms with Crippen LogP contribution >= 0.6 is 23.4 Å². The average Bonchev–Trinajstić information content (AvgIpc) is 3.12. The Balaban J connectivity index is 1.64. The molecule has 1 heterocycles. The van der Waals surface area contributed by atoms with E-state index in [1.165, 1.54) is 31.0 Å². The highest BCUT2D eigenvalue weighted by molar-refractivity contribution is 8.00. The van der Waals surface area contributed by atoms with Gasteiger partial charge in [0.1, 0.15) is 0 Å². The van der Waals surface area contributed by atoms with E-state index < -0.39 is 0 Å². The van der Waals surface area contributed by atoms with Crippen molar-refractivity contribution in [1.82, 2.24) is 15.1 Å². The molecule has 0 N–H and O–H groups in total. The minimum atomic E-state index is -0.254. The van der Waals surface area contributed by atoms with Crippen molar-refractivity contribution < 1.29 is 9.21 Å². The fraction of sp³-hybridized carbons (Fsp3) is 0.526. The third-order valence-electron chi connectivity index (χ3n) is 4.76. The first-order valence-electron chi connectivity index (χ1n) is 9.15. The summed E-state index contributed by atoms with van der Waals surface area (Å²) in [7, 11) is 0. The molecule has 0 saturated heterocycles. The van der Waals surface area contributed by atoms with Crippen molar-refractivity contribution in [2.45, 2.75) is 62.5 Å². The topological polar surface area (TPSA) is 59.2 Å². The monoisotopic (exact) mass is 393 g/mol. The summed E-state index contributed by atoms with van der Waals surface area (Å²) in [4.78, 5) is 14.9. The van der Waals surface area contributed by atoms with Gasteiger partial charge in [-0.05, 0) is 51.0 Å². The second-order valence-electron chi connectivity index (χ2n) is 6.56. The summed E-state index contributed by atoms with van der Waals surface area (Å²) in [6, 6.07) is 7.60. The number of nitrogens with zero attached hydrogens (tertiary/aromatic N) is 3. The molecule has 7 heteroatoms. The number of rotatable bonds is 6. The molecule has 140 valence electrons. The predicted molar refractivity (Wildman–Crippen MR) is 104 cm³/mol. The number of benzene rings is 1. The van der Waals surface area contributed by atoms with Gasteiger partial charge in [-0.2, -0.15) is 0 Å². The molecule has 1 aromatic carbocycles. The summed E-state index contributed by atoms with van der Waals surface area (Å²) < 4.78 is 5.72. The smallest absolute Gasteiger partial charge is 0.277 e. The van der Waals surface area contributed by atoms with Crippen LogP contribution < -0.4 is 0 Å². The van der Waals surface area contributed by atoms with Gasteiger partial charge >= 0.3 is 0 Å². The minimum Gasteiger partial charge on any atom is -0.411 e. The van der Waals surface area contributed by atoms with Crippen molar-refractivity contribution in [3.8, 4) is 11.5 Å². The van der Waals surface area contributed by atoms with Gasteiger partial charge in [-0.3, -0.25) is 4.79 Å². The van der Waals surface area contributed by atoms with Crippen molar-refractivity contribution in [3.63, 3.8) is 0 Å². The van der Waals surface area contributed by atoms with Crippen LogP contribution in [0.25, 0.3) is 11.5 Å². The zero-order chi connectivity index (χ0) is 18.5. The number of hydrogen-bond donors (Lipinski definition) is 0. The Morgan fingerprint density at radius 3 is 2.62 bits per heavy atom. The van der Waals surface area contributed by atoms with E-state index in [1.54, 1.807) is 12.1 Å². The number of carbonyl (C=O) groups excluding carboxylic acids is 1. The summed E-state index contributed by atoms with van der Waals surface area (Å²) >= 11 is 7.22. The molecule has 26 heavy (non-hydrogen) atoms. The summed E-state index contributed by atoms with van der Waals surface area (Å²) in [6.07, 6.45) is 5.92. The Morgan fingerprint density at radius 1 is 1.27 bits per heavy atom. The first-order valence-corrected chi connectivity index (χ1v) is 10.4. The SMILES string of the molecule is CCN(C(=O)[C@H](C)Sc1nnc(-c2ccc(Cl)cc2)o1)C1CCCCC1. The molecule has 5 nitrogen and oxygen atoms in total. The molecule has 2 aromatic rings. The second-order valence-corrected chi connectivity index (χ2v) is 8.28. The van der Waals surface area contributed by atoms with E-state index in [0.717, 1.165) is 24.9 Å². The number of thioether (sulfide) groups is 1. The van der Waals surface area contributed by atoms with Gasteiger partial charge in [0.15, 0.2) is 0 Å². The van der Waals surface area contributed by atoms with E-state index in [-0.39, 0.29) is 11.2 Å². The highest BCUT2D eigenvalue weighted by Crippen LogP contribution is 2.29. The van der Waals surface area contributed by atoms with E-state index in [9.17, 15) is 4.79 Å². The molecular weight excluding hydrogens is 370 g/mol. The highest BCUT2D eigenvalue weighted by atomic mass is 35.5. The van der Waals surface area contributed by atoms with Crippen molar-refractivity contribution in [3.05, 3.63) is 29.3 Å². The lowest BCUT2D eigenvalue weighted by molar-refractivity contribution is -0.133. The summed E-state index contributed by atoms with van der Waals surface area (Å²) in [6.45, 7) is 4.70. The van der Waals surface area contributed by atoms with Crippen LogP contribution in [0, 0.1) is 0 Å². The number of amides is 1. The molecule has 1 aliphatic rings. The van der Waals surface area contributed by atoms with Crippen molar-refractivity contribution >= 4 is 29.3 Å². The van der Waals surface area contributed by atoms with Crippen LogP contribution in [0.2, 0.25) is 5.02 Å². The maximum absolute atomic E-state index is 12.9. The van der Waals surface area contributed by atoms with Crippen LogP contribution in [0.1, 0.15) is 46.0 Å². The van der Waals surface area contributed by atoms with E-state index in [1.807, 2.05) is 24.0 Å². The van der Waals surface area contributed by atoms with Gasteiger partial charge in [0.25, 0.3) is 5.22 Å². The van der Waals surface area contributed by atoms with Gasteiger partial charge in [-0.25, -0.2) is 0 Å². The van der Waals surface area contributed by atoms with Crippen molar-refractivity contribution in [2.75, 3.05) is 6.54 Å². The standard InChI is InChI=1S/C19H24ClN3O2S/c1-3-23(16-7-5-4-6-8-16)18(24)13(2)26-19-22-21-17(25-19)14-9-11-15(20)12-10-14/h9-13,16H,3-8H2,1-2H3/t13-/m0/s1. The van der Waals surface area contributed by atoms with Gasteiger partial charge in [0, 0.05) is 23.2 Å². The summed E-state index contributed by atoms with van der Waals surface area (Å²) in [5.41, 5.74) is 0.810. The Labute approximate surface area is 163 Å². The second kappa shape index (κ2) is 8.91. The fourth-order valence-electron chi connectivity index (χ4n) is 3.39. The maximum Gasteiger partial charge on any atom is 0.277 e. The lowest BCUT2D eigenvalue weighted by Crippen LogP contribution is -2.44. The highest BCUT2D eigenvalue weighted by Gasteiger charge is 2.29. The zero-order valence-electron chi connectivity index (χ0n) is 15.2. The molecule has 1 saturated carbocycles. The Hall–Kier alpha value is -1.53. The number of aromatic nitrogens is 2. The van der Waals surface area contributed by atoms with Gasteiger partial charge in [-0.1, -0.05) is 42.6 Å². The van der Waals surface area contributed by atoms with Crippen LogP contribution in [0.5, 0.6) is 0 Å². The lowest BCUT2D eigenvalue weighted by Gasteiger charge is -2.34. The molecule has 1 aliphatic carbocycles. The molecule has 0 radical (unpaired) electrons. The van der Waals surface area contributed by atoms with Crippen LogP contribution in [0.4, 0.5) is 0 Å². The van der Waals surface area contributed by atoms with E-state index in [4.69, 9.17) is 16.0 Å². The molecule has 1 amide bonds. The predicted octanol–water partition coefficient (Wildman–Crippen LogP) is 5.05. The quantitative estimate of drug-likeness (QED) is 0.642. The van der Waals surface area contributed by atoms with E-state index >= 15 is 0 Å². The third-order valence-corrected chi connectivity index (χ3v) is 5.94. The Kier molecular flexibility index (Phi) is 6.59. The third kappa shape index (κ3) is 4.60. The Bertz CT molecular complexity index is 729. The van der Waals surface area contributed by atoms with Crippen molar-refractivity contribution in [2.24, 2.45) is 0 Å². The van der Waals surface area contributed by atoms with Gasteiger partial charge in [0.05, 0.1) is 5.25 Å². The lowest BCUT2D eigenvalue weighted by atomic mass is 9.94. The molecular formula is C19H24ClN3O2S. The van der Waals surface area contributed by atoms with Crippen LogP contribution in [-0.2, 0) is 4.79 Å². The van der Waals surface area contributed by atoms with Crippen LogP contribution in [-0.4, -0.2) is 38.8 Å². The first kappa shape index (κ1) is 19.2. The molecule has 0 aliphatic heterocycles. The van der Waals surface area contributed by atoms with E-state index in [2.05, 4.69) is 17.1 Å². The molecule has 0 bridgehead atoms. The summed E-state index contributed by atoms with van der Waals surface area (Å²) in [5, 5.41) is 8.97. The zero-order valence-corrected chi connectivity index (χ0v) is 16.7. The normalized spacial score (nSPS) is 16.4. The molecule has 3 rings (SSSR count). The first-order chi connectivity index (χ1) is 12.6. The average molecular weight is 394 g/mol. The van der Waals surface area contributed by atoms with Gasteiger partial charge < -0.3 is 9.32 Å². The van der Waals surface area contributed by atoms with Crippen LogP contribution in [0.3, 0.4) is 0 Å². The number of hydrogen-bond acceptors (Lipinski definition) is 5. The van der Waals surface area contributed by atoms with Crippen LogP contribution in [0.15, 0.2) is 33.9 Å². The van der Waals surface area contributed by atoms with Crippen molar-refractivity contribution in [1.29, 1.82) is 0 Å². The maximum atomic E-state index is 12.9. The molecule has 0 spiro atoms. The Morgan fingerprint density at radius 2 is 1.96 bits per heavy atom. The minimum absolute atomic E-state index is 0.149. The van der Waals surface area contributed by atoms with Gasteiger partial charge in [-0.15, -0.1) is 10.2 Å². The molecule has 0 unspecified atom stereocenters. The van der Waals surface area contributed by atoms with Gasteiger partial charge in [0.2, 0.25) is 11.8 Å². The number of carbonyl (C=O) groups is 1. The summed E-state index contributed by atoms with van der Waals surface area (Å²) in [5.74, 6) is 0.582. The van der Waals surface area contributed by atoms with E-state index in [0.29, 0.717) is 22.2 Å². The largest absolute Gasteiger partial charge is 0.411 e. The fourth-order valence-corrected chi connectivity index (χ4v) is 4.27. The number of halogens is 1. The molecule has 1 fully saturated rings. The molecule has 1 aromatic heterocycles.